The van der Waals surface area contributed by atoms with Crippen LogP contribution in [-0.2, 0) is 0 Å². The number of halogens is 1. The molecule has 1 N–H and O–H groups in total. The predicted molar refractivity (Wildman–Crippen MR) is 78.8 cm³/mol. The van der Waals surface area contributed by atoms with E-state index in [0.29, 0.717) is 0 Å². The van der Waals surface area contributed by atoms with Gasteiger partial charge in [-0.3, -0.25) is 4.90 Å². The lowest BCUT2D eigenvalue weighted by Gasteiger charge is -2.22. The third-order valence-corrected chi connectivity index (χ3v) is 5.41. The van der Waals surface area contributed by atoms with E-state index in [-0.39, 0.29) is 5.82 Å². The molecule has 3 heterocycles. The van der Waals surface area contributed by atoms with Crippen LogP contribution in [0.4, 0.5) is 4.39 Å². The number of nitrogens with zero attached hydrogens (tertiary/aromatic N) is 1. The Morgan fingerprint density at radius 2 is 1.75 bits per heavy atom. The van der Waals surface area contributed by atoms with Gasteiger partial charge in [0.15, 0.2) is 0 Å². The highest BCUT2D eigenvalue weighted by Crippen LogP contribution is 2.47. The number of hydrogen-bond donors (Lipinski definition) is 1. The van der Waals surface area contributed by atoms with E-state index < -0.39 is 0 Å². The molecule has 106 valence electrons. The second-order valence-corrected chi connectivity index (χ2v) is 6.35. The summed E-state index contributed by atoms with van der Waals surface area (Å²) in [5, 5.41) is 3.55. The van der Waals surface area contributed by atoms with Crippen molar-refractivity contribution in [2.75, 3.05) is 19.6 Å². The van der Waals surface area contributed by atoms with Crippen molar-refractivity contribution in [2.45, 2.75) is 24.9 Å². The molecule has 0 amide bonds. The Labute approximate surface area is 119 Å². The van der Waals surface area contributed by atoms with Crippen LogP contribution in [0.15, 0.2) is 30.3 Å². The van der Waals surface area contributed by atoms with E-state index in [0.717, 1.165) is 36.0 Å². The smallest absolute Gasteiger partial charge is 0.123 e. The van der Waals surface area contributed by atoms with Gasteiger partial charge in [-0.25, -0.2) is 4.39 Å². The van der Waals surface area contributed by atoms with Crippen molar-refractivity contribution in [3.8, 4) is 0 Å². The molecular formula is C17H21FN2. The highest BCUT2D eigenvalue weighted by molar-refractivity contribution is 5.49. The van der Waals surface area contributed by atoms with Crippen LogP contribution in [0.2, 0.25) is 0 Å². The molecule has 3 fully saturated rings. The first-order chi connectivity index (χ1) is 9.83. The first-order valence-electron chi connectivity index (χ1n) is 7.71. The molecule has 3 heteroatoms. The Bertz CT molecular complexity index is 492. The topological polar surface area (TPSA) is 15.3 Å². The molecule has 3 saturated heterocycles. The molecule has 0 unspecified atom stereocenters. The van der Waals surface area contributed by atoms with Crippen LogP contribution in [0.25, 0.3) is 6.08 Å². The summed E-state index contributed by atoms with van der Waals surface area (Å²) >= 11 is 0. The van der Waals surface area contributed by atoms with Gasteiger partial charge < -0.3 is 5.32 Å². The van der Waals surface area contributed by atoms with Gasteiger partial charge in [-0.2, -0.15) is 0 Å². The molecule has 2 bridgehead atoms. The standard InChI is InChI=1S/C17H21FN2/c18-13-5-3-12(4-6-13)2-1-9-20-16-7-8-17(20)15-11-19-10-14(15)16/h1-6,14-17,19H,7-11H2/b2-1+/t14-,15+,16-,17+. The molecule has 1 aromatic rings. The van der Waals surface area contributed by atoms with Crippen LogP contribution in [-0.4, -0.2) is 36.6 Å². The summed E-state index contributed by atoms with van der Waals surface area (Å²) in [7, 11) is 0. The minimum atomic E-state index is -0.167. The predicted octanol–water partition coefficient (Wildman–Crippen LogP) is 2.52. The van der Waals surface area contributed by atoms with Crippen LogP contribution in [0.5, 0.6) is 0 Å². The third kappa shape index (κ3) is 2.00. The van der Waals surface area contributed by atoms with Crippen LogP contribution in [0.3, 0.4) is 0 Å². The Morgan fingerprint density at radius 1 is 1.10 bits per heavy atom. The first kappa shape index (κ1) is 12.5. The Kier molecular flexibility index (Phi) is 3.12. The zero-order valence-electron chi connectivity index (χ0n) is 11.6. The minimum absolute atomic E-state index is 0.167. The van der Waals surface area contributed by atoms with Crippen molar-refractivity contribution in [1.29, 1.82) is 0 Å². The summed E-state index contributed by atoms with van der Waals surface area (Å²) in [5.74, 6) is 1.60. The Balaban J connectivity index is 1.42. The van der Waals surface area contributed by atoms with Gasteiger partial charge in [0.25, 0.3) is 0 Å². The molecule has 4 atom stereocenters. The van der Waals surface area contributed by atoms with E-state index in [1.165, 1.54) is 38.1 Å². The third-order valence-electron chi connectivity index (χ3n) is 5.41. The Morgan fingerprint density at radius 3 is 2.40 bits per heavy atom. The summed E-state index contributed by atoms with van der Waals surface area (Å²) in [4.78, 5) is 2.70. The fraction of sp³-hybridized carbons (Fsp3) is 0.529. The number of benzene rings is 1. The average molecular weight is 272 g/mol. The summed E-state index contributed by atoms with van der Waals surface area (Å²) in [6.07, 6.45) is 7.11. The van der Waals surface area contributed by atoms with Gasteiger partial charge in [-0.05, 0) is 55.5 Å². The van der Waals surface area contributed by atoms with Crippen LogP contribution in [0.1, 0.15) is 18.4 Å². The van der Waals surface area contributed by atoms with Crippen molar-refractivity contribution in [3.05, 3.63) is 41.7 Å². The average Bonchev–Trinajstić information content (AvgIpc) is 3.13. The first-order valence-corrected chi connectivity index (χ1v) is 7.71. The molecule has 0 aromatic heterocycles. The van der Waals surface area contributed by atoms with E-state index in [9.17, 15) is 4.39 Å². The van der Waals surface area contributed by atoms with Crippen LogP contribution in [0, 0.1) is 17.7 Å². The van der Waals surface area contributed by atoms with Gasteiger partial charge in [-0.15, -0.1) is 0 Å². The molecule has 1 aromatic carbocycles. The number of nitrogens with one attached hydrogen (secondary N) is 1. The van der Waals surface area contributed by atoms with Gasteiger partial charge in [0.05, 0.1) is 0 Å². The summed E-state index contributed by atoms with van der Waals surface area (Å²) in [6, 6.07) is 8.30. The SMILES string of the molecule is Fc1ccc(/C=C/CN2[C@@H]3CC[C@H]2[C@H]2CNC[C@H]23)cc1. The molecule has 3 aliphatic rings. The second kappa shape index (κ2) is 4.97. The molecule has 0 spiro atoms. The normalized spacial score (nSPS) is 36.0. The largest absolute Gasteiger partial charge is 0.316 e. The van der Waals surface area contributed by atoms with E-state index in [4.69, 9.17) is 0 Å². The van der Waals surface area contributed by atoms with E-state index in [2.05, 4.69) is 22.4 Å². The minimum Gasteiger partial charge on any atom is -0.316 e. The highest BCUT2D eigenvalue weighted by atomic mass is 19.1. The molecule has 3 aliphatic heterocycles. The zero-order valence-corrected chi connectivity index (χ0v) is 11.6. The summed E-state index contributed by atoms with van der Waals surface area (Å²) in [6.45, 7) is 3.47. The second-order valence-electron chi connectivity index (χ2n) is 6.35. The van der Waals surface area contributed by atoms with Crippen molar-refractivity contribution >= 4 is 6.08 Å². The van der Waals surface area contributed by atoms with Gasteiger partial charge in [0.2, 0.25) is 0 Å². The molecular weight excluding hydrogens is 251 g/mol. The van der Waals surface area contributed by atoms with E-state index in [1.54, 1.807) is 0 Å². The molecule has 2 nitrogen and oxygen atoms in total. The molecule has 0 radical (unpaired) electrons. The van der Waals surface area contributed by atoms with Gasteiger partial charge in [0, 0.05) is 18.6 Å². The van der Waals surface area contributed by atoms with E-state index >= 15 is 0 Å². The lowest BCUT2D eigenvalue weighted by atomic mass is 9.82. The maximum Gasteiger partial charge on any atom is 0.123 e. The number of fused-ring (bicyclic) bond motifs is 5. The Hall–Kier alpha value is -1.19. The lowest BCUT2D eigenvalue weighted by molar-refractivity contribution is 0.253. The van der Waals surface area contributed by atoms with Gasteiger partial charge >= 0.3 is 0 Å². The fourth-order valence-electron chi connectivity index (χ4n) is 4.56. The van der Waals surface area contributed by atoms with Crippen molar-refractivity contribution in [3.63, 3.8) is 0 Å². The van der Waals surface area contributed by atoms with Crippen molar-refractivity contribution in [2.24, 2.45) is 11.8 Å². The molecule has 0 aliphatic carbocycles. The highest BCUT2D eigenvalue weighted by Gasteiger charge is 2.53. The lowest BCUT2D eigenvalue weighted by Crippen LogP contribution is -2.34. The fourth-order valence-corrected chi connectivity index (χ4v) is 4.56. The van der Waals surface area contributed by atoms with E-state index in [1.807, 2.05) is 12.1 Å². The molecule has 0 saturated carbocycles. The molecule has 4 rings (SSSR count). The van der Waals surface area contributed by atoms with Crippen LogP contribution < -0.4 is 5.32 Å². The summed E-state index contributed by atoms with van der Waals surface area (Å²) < 4.78 is 12.9. The summed E-state index contributed by atoms with van der Waals surface area (Å²) in [5.41, 5.74) is 1.08. The van der Waals surface area contributed by atoms with Crippen molar-refractivity contribution in [1.82, 2.24) is 10.2 Å². The number of rotatable bonds is 3. The van der Waals surface area contributed by atoms with Gasteiger partial charge in [0.1, 0.15) is 5.82 Å². The zero-order chi connectivity index (χ0) is 13.5. The van der Waals surface area contributed by atoms with Crippen molar-refractivity contribution < 1.29 is 4.39 Å². The quantitative estimate of drug-likeness (QED) is 0.909. The molecule has 20 heavy (non-hydrogen) atoms. The van der Waals surface area contributed by atoms with Gasteiger partial charge in [-0.1, -0.05) is 24.3 Å². The maximum atomic E-state index is 12.9. The monoisotopic (exact) mass is 272 g/mol. The number of hydrogen-bond acceptors (Lipinski definition) is 2. The van der Waals surface area contributed by atoms with Crippen LogP contribution >= 0.6 is 0 Å². The maximum absolute atomic E-state index is 12.9.